The lowest BCUT2D eigenvalue weighted by molar-refractivity contribution is -0.126. The molecule has 1 aliphatic carbocycles. The van der Waals surface area contributed by atoms with Gasteiger partial charge in [-0.3, -0.25) is 4.79 Å². The number of amides is 1. The summed E-state index contributed by atoms with van der Waals surface area (Å²) in [6.45, 7) is 3.52. The molecule has 0 unspecified atom stereocenters. The third-order valence-electron chi connectivity index (χ3n) is 6.08. The molecule has 0 aliphatic heterocycles. The molecule has 2 N–H and O–H groups in total. The van der Waals surface area contributed by atoms with Crippen molar-refractivity contribution < 1.29 is 22.1 Å². The number of sulfonamides is 1. The number of nitrogens with zero attached hydrogens (tertiary/aromatic N) is 2. The molecule has 4 rings (SSSR count). The molecule has 1 atom stereocenters. The van der Waals surface area contributed by atoms with Crippen molar-refractivity contribution in [2.45, 2.75) is 56.5 Å². The molecule has 1 heterocycles. The number of aromatic nitrogens is 2. The fourth-order valence-corrected chi connectivity index (χ4v) is 5.50. The summed E-state index contributed by atoms with van der Waals surface area (Å²) in [5.74, 6) is 0.152. The summed E-state index contributed by atoms with van der Waals surface area (Å²) in [5.41, 5.74) is 1.38. The van der Waals surface area contributed by atoms with E-state index in [1.54, 1.807) is 31.2 Å². The topological polar surface area (TPSA) is 114 Å². The standard InChI is InChI=1S/C24H27FN4O4S/c1-15(17-6-10-20(25)11-7-17)26-24(30)18-8-12-21(13-9-18)29-34(31,32)22-5-3-4-19(14-22)23-27-16(2)33-28-23/h3-7,10-11,14-15,18,21,29H,8-9,12-13H2,1-2H3,(H,26,30)/t15-,18?,21?/m1/s1. The predicted octanol–water partition coefficient (Wildman–Crippen LogP) is 3.90. The van der Waals surface area contributed by atoms with E-state index in [-0.39, 0.29) is 34.6 Å². The first kappa shape index (κ1) is 24.0. The summed E-state index contributed by atoms with van der Waals surface area (Å²) in [6, 6.07) is 12.0. The number of carbonyl (C=O) groups is 1. The average Bonchev–Trinajstić information content (AvgIpc) is 3.26. The van der Waals surface area contributed by atoms with Crippen molar-refractivity contribution in [3.8, 4) is 11.4 Å². The van der Waals surface area contributed by atoms with Gasteiger partial charge in [0.05, 0.1) is 10.9 Å². The van der Waals surface area contributed by atoms with Crippen LogP contribution in [0.15, 0.2) is 57.9 Å². The molecular weight excluding hydrogens is 459 g/mol. The number of aryl methyl sites for hydroxylation is 1. The fourth-order valence-electron chi connectivity index (χ4n) is 4.15. The van der Waals surface area contributed by atoms with E-state index in [0.717, 1.165) is 5.56 Å². The highest BCUT2D eigenvalue weighted by Gasteiger charge is 2.30. The Morgan fingerprint density at radius 1 is 1.12 bits per heavy atom. The van der Waals surface area contributed by atoms with Crippen LogP contribution in [0.5, 0.6) is 0 Å². The molecule has 8 nitrogen and oxygen atoms in total. The second-order valence-corrected chi connectivity index (χ2v) is 10.3. The van der Waals surface area contributed by atoms with Crippen LogP contribution in [0, 0.1) is 18.7 Å². The Labute approximate surface area is 198 Å². The Morgan fingerprint density at radius 2 is 1.82 bits per heavy atom. The van der Waals surface area contributed by atoms with Crippen LogP contribution in [0.4, 0.5) is 4.39 Å². The van der Waals surface area contributed by atoms with E-state index in [2.05, 4.69) is 20.2 Å². The Balaban J connectivity index is 1.32. The Morgan fingerprint density at radius 3 is 2.47 bits per heavy atom. The second-order valence-electron chi connectivity index (χ2n) is 8.62. The van der Waals surface area contributed by atoms with Gasteiger partial charge in [-0.1, -0.05) is 29.4 Å². The summed E-state index contributed by atoms with van der Waals surface area (Å²) in [6.07, 6.45) is 2.28. The van der Waals surface area contributed by atoms with Gasteiger partial charge in [-0.05, 0) is 62.4 Å². The fraction of sp³-hybridized carbons (Fsp3) is 0.375. The third kappa shape index (κ3) is 5.68. The minimum absolute atomic E-state index is 0.0683. The van der Waals surface area contributed by atoms with Crippen molar-refractivity contribution in [3.63, 3.8) is 0 Å². The van der Waals surface area contributed by atoms with Crippen LogP contribution in [0.1, 0.15) is 50.1 Å². The predicted molar refractivity (Wildman–Crippen MR) is 123 cm³/mol. The first-order valence-electron chi connectivity index (χ1n) is 11.2. The van der Waals surface area contributed by atoms with Gasteiger partial charge in [0.25, 0.3) is 0 Å². The van der Waals surface area contributed by atoms with E-state index in [1.165, 1.54) is 24.3 Å². The highest BCUT2D eigenvalue weighted by Crippen LogP contribution is 2.27. The largest absolute Gasteiger partial charge is 0.349 e. The van der Waals surface area contributed by atoms with Gasteiger partial charge in [0.1, 0.15) is 5.82 Å². The number of nitrogens with one attached hydrogen (secondary N) is 2. The molecule has 0 radical (unpaired) electrons. The number of hydrogen-bond acceptors (Lipinski definition) is 6. The highest BCUT2D eigenvalue weighted by atomic mass is 32.2. The summed E-state index contributed by atoms with van der Waals surface area (Å²) in [7, 11) is -3.75. The van der Waals surface area contributed by atoms with Gasteiger partial charge in [0, 0.05) is 24.4 Å². The molecule has 3 aromatic rings. The van der Waals surface area contributed by atoms with Gasteiger partial charge in [0.15, 0.2) is 0 Å². The van der Waals surface area contributed by atoms with E-state index >= 15 is 0 Å². The molecule has 1 saturated carbocycles. The number of hydrogen-bond donors (Lipinski definition) is 2. The smallest absolute Gasteiger partial charge is 0.240 e. The minimum atomic E-state index is -3.75. The van der Waals surface area contributed by atoms with Crippen molar-refractivity contribution in [1.82, 2.24) is 20.2 Å². The zero-order valence-corrected chi connectivity index (χ0v) is 19.8. The molecule has 10 heteroatoms. The molecule has 1 fully saturated rings. The monoisotopic (exact) mass is 486 g/mol. The van der Waals surface area contributed by atoms with E-state index in [0.29, 0.717) is 43.0 Å². The Hall–Kier alpha value is -3.11. The lowest BCUT2D eigenvalue weighted by Gasteiger charge is -2.29. The second kappa shape index (κ2) is 10.0. The van der Waals surface area contributed by atoms with Crippen molar-refractivity contribution in [1.29, 1.82) is 0 Å². The van der Waals surface area contributed by atoms with E-state index in [4.69, 9.17) is 4.52 Å². The van der Waals surface area contributed by atoms with Gasteiger partial charge in [-0.25, -0.2) is 17.5 Å². The lowest BCUT2D eigenvalue weighted by Crippen LogP contribution is -2.41. The van der Waals surface area contributed by atoms with Gasteiger partial charge >= 0.3 is 0 Å². The summed E-state index contributed by atoms with van der Waals surface area (Å²) in [4.78, 5) is 17.0. The molecule has 1 aliphatic rings. The van der Waals surface area contributed by atoms with Gasteiger partial charge in [0.2, 0.25) is 27.6 Å². The molecule has 0 spiro atoms. The molecular formula is C24H27FN4O4S. The normalized spacial score (nSPS) is 19.5. The molecule has 1 amide bonds. The van der Waals surface area contributed by atoms with Crippen molar-refractivity contribution >= 4 is 15.9 Å². The highest BCUT2D eigenvalue weighted by molar-refractivity contribution is 7.89. The maximum absolute atomic E-state index is 13.1. The first-order chi connectivity index (χ1) is 16.2. The van der Waals surface area contributed by atoms with E-state index < -0.39 is 10.0 Å². The first-order valence-corrected chi connectivity index (χ1v) is 12.7. The molecule has 180 valence electrons. The van der Waals surface area contributed by atoms with Gasteiger partial charge in [-0.15, -0.1) is 0 Å². The van der Waals surface area contributed by atoms with Crippen LogP contribution in [0.25, 0.3) is 11.4 Å². The number of halogens is 1. The van der Waals surface area contributed by atoms with Crippen LogP contribution < -0.4 is 10.0 Å². The van der Waals surface area contributed by atoms with Crippen molar-refractivity contribution in [2.75, 3.05) is 0 Å². The van der Waals surface area contributed by atoms with Crippen LogP contribution in [0.2, 0.25) is 0 Å². The lowest BCUT2D eigenvalue weighted by atomic mass is 9.85. The van der Waals surface area contributed by atoms with E-state index in [1.807, 2.05) is 6.92 Å². The van der Waals surface area contributed by atoms with Crippen LogP contribution in [-0.4, -0.2) is 30.5 Å². The zero-order valence-electron chi connectivity index (χ0n) is 19.0. The Kier molecular flexibility index (Phi) is 7.08. The summed E-state index contributed by atoms with van der Waals surface area (Å²) in [5, 5.41) is 6.82. The van der Waals surface area contributed by atoms with E-state index in [9.17, 15) is 17.6 Å². The van der Waals surface area contributed by atoms with Gasteiger partial charge < -0.3 is 9.84 Å². The average molecular weight is 487 g/mol. The Bertz CT molecular complexity index is 1250. The number of carbonyl (C=O) groups excluding carboxylic acids is 1. The number of rotatable bonds is 7. The zero-order chi connectivity index (χ0) is 24.3. The molecule has 34 heavy (non-hydrogen) atoms. The van der Waals surface area contributed by atoms with Crippen LogP contribution in [0.3, 0.4) is 0 Å². The SMILES string of the molecule is Cc1nc(-c2cccc(S(=O)(=O)NC3CCC(C(=O)N[C@H](C)c4ccc(F)cc4)CC3)c2)no1. The summed E-state index contributed by atoms with van der Waals surface area (Å²) < 4.78 is 46.8. The van der Waals surface area contributed by atoms with Crippen molar-refractivity contribution in [2.24, 2.45) is 5.92 Å². The van der Waals surface area contributed by atoms with Crippen LogP contribution in [-0.2, 0) is 14.8 Å². The minimum Gasteiger partial charge on any atom is -0.349 e. The molecule has 1 aromatic heterocycles. The van der Waals surface area contributed by atoms with Crippen LogP contribution >= 0.6 is 0 Å². The maximum atomic E-state index is 13.1. The molecule has 0 bridgehead atoms. The third-order valence-corrected chi connectivity index (χ3v) is 7.60. The quantitative estimate of drug-likeness (QED) is 0.524. The summed E-state index contributed by atoms with van der Waals surface area (Å²) >= 11 is 0. The van der Waals surface area contributed by atoms with Gasteiger partial charge in [-0.2, -0.15) is 4.98 Å². The molecule has 2 aromatic carbocycles. The molecule has 0 saturated heterocycles. The number of benzene rings is 2. The van der Waals surface area contributed by atoms with Crippen molar-refractivity contribution in [3.05, 3.63) is 65.8 Å². The maximum Gasteiger partial charge on any atom is 0.240 e.